The lowest BCUT2D eigenvalue weighted by atomic mass is 9.61. The number of rotatable bonds is 2. The molecule has 2 bridgehead atoms. The highest BCUT2D eigenvalue weighted by Gasteiger charge is 2.52. The Morgan fingerprint density at radius 2 is 2.16 bits per heavy atom. The molecule has 1 aliphatic heterocycles. The Morgan fingerprint density at radius 3 is 2.97 bits per heavy atom. The first-order chi connectivity index (χ1) is 14.8. The molecule has 0 saturated carbocycles. The van der Waals surface area contributed by atoms with Crippen LogP contribution in [0.3, 0.4) is 0 Å². The van der Waals surface area contributed by atoms with Crippen molar-refractivity contribution < 1.29 is 14.3 Å². The molecular weight excluding hydrogens is 415 g/mol. The van der Waals surface area contributed by atoms with E-state index in [0.717, 1.165) is 29.6 Å². The average Bonchev–Trinajstić information content (AvgIpc) is 3.12. The molecule has 0 unspecified atom stereocenters. The van der Waals surface area contributed by atoms with Crippen LogP contribution in [0.25, 0.3) is 10.2 Å². The first kappa shape index (κ1) is 20.2. The second kappa shape index (κ2) is 7.17. The number of aromatic hydroxyl groups is 1. The van der Waals surface area contributed by atoms with E-state index in [2.05, 4.69) is 29.2 Å². The minimum Gasteiger partial charge on any atom is -0.508 e. The minimum absolute atomic E-state index is 0.0626. The van der Waals surface area contributed by atoms with Crippen LogP contribution < -0.4 is 5.32 Å². The van der Waals surface area contributed by atoms with Crippen LogP contribution in [0, 0.1) is 5.82 Å². The minimum atomic E-state index is -0.347. The van der Waals surface area contributed by atoms with Crippen molar-refractivity contribution in [3.05, 3.63) is 53.3 Å². The Balaban J connectivity index is 1.46. The Bertz CT molecular complexity index is 1180. The molecule has 1 fully saturated rings. The van der Waals surface area contributed by atoms with E-state index in [-0.39, 0.29) is 35.1 Å². The smallest absolute Gasteiger partial charge is 0.323 e. The van der Waals surface area contributed by atoms with E-state index in [1.807, 2.05) is 19.2 Å². The van der Waals surface area contributed by atoms with Gasteiger partial charge in [-0.3, -0.25) is 5.32 Å². The maximum atomic E-state index is 13.5. The van der Waals surface area contributed by atoms with Gasteiger partial charge in [-0.1, -0.05) is 24.3 Å². The molecule has 1 saturated heterocycles. The van der Waals surface area contributed by atoms with Crippen molar-refractivity contribution in [2.75, 3.05) is 26.0 Å². The molecule has 2 amide bonds. The van der Waals surface area contributed by atoms with Gasteiger partial charge in [0.1, 0.15) is 11.6 Å². The Kier molecular flexibility index (Phi) is 4.67. The lowest BCUT2D eigenvalue weighted by molar-refractivity contribution is 0.0213. The van der Waals surface area contributed by atoms with Gasteiger partial charge in [0.2, 0.25) is 0 Å². The van der Waals surface area contributed by atoms with Gasteiger partial charge in [0.15, 0.2) is 5.13 Å². The van der Waals surface area contributed by atoms with Gasteiger partial charge in [-0.15, -0.1) is 0 Å². The number of amides is 2. The molecule has 1 aromatic heterocycles. The molecule has 162 valence electrons. The number of anilines is 1. The number of benzene rings is 2. The van der Waals surface area contributed by atoms with Crippen molar-refractivity contribution in [2.45, 2.75) is 37.3 Å². The number of urea groups is 1. The number of piperidine rings is 1. The van der Waals surface area contributed by atoms with Crippen LogP contribution in [-0.2, 0) is 11.8 Å². The van der Waals surface area contributed by atoms with Crippen LogP contribution in [0.4, 0.5) is 14.3 Å². The van der Waals surface area contributed by atoms with E-state index in [1.54, 1.807) is 17.0 Å². The van der Waals surface area contributed by atoms with Crippen LogP contribution in [0.5, 0.6) is 5.75 Å². The Labute approximate surface area is 184 Å². The molecule has 1 aliphatic carbocycles. The summed E-state index contributed by atoms with van der Waals surface area (Å²) in [7, 11) is 3.93. The van der Waals surface area contributed by atoms with Gasteiger partial charge < -0.3 is 14.9 Å². The standard InChI is InChI=1S/C23H25FN4O2S/c1-23-8-9-27(2)18(10-13-4-6-15(29)12-16(13)23)20(23)28(3)22(30)26-21-25-17-11-14(24)5-7-19(17)31-21/h4-7,11-12,18,20,29H,8-10H2,1-3H3,(H,25,26,30)/t18-,20-,23+/m1/s1. The van der Waals surface area contributed by atoms with E-state index in [1.165, 1.54) is 29.0 Å². The maximum Gasteiger partial charge on any atom is 0.323 e. The second-order valence-electron chi connectivity index (χ2n) is 8.88. The highest BCUT2D eigenvalue weighted by atomic mass is 32.1. The zero-order valence-electron chi connectivity index (χ0n) is 17.7. The number of thiazole rings is 1. The number of nitrogens with one attached hydrogen (secondary N) is 1. The monoisotopic (exact) mass is 440 g/mol. The van der Waals surface area contributed by atoms with Crippen molar-refractivity contribution in [1.82, 2.24) is 14.8 Å². The third kappa shape index (κ3) is 3.25. The number of hydrogen-bond donors (Lipinski definition) is 2. The van der Waals surface area contributed by atoms with Crippen LogP contribution in [-0.4, -0.2) is 58.6 Å². The van der Waals surface area contributed by atoms with Gasteiger partial charge in [-0.05, 0) is 61.8 Å². The summed E-state index contributed by atoms with van der Waals surface area (Å²) in [5.41, 5.74) is 2.62. The summed E-state index contributed by atoms with van der Waals surface area (Å²) in [4.78, 5) is 21.7. The fraction of sp³-hybridized carbons (Fsp3) is 0.391. The molecule has 2 heterocycles. The van der Waals surface area contributed by atoms with Gasteiger partial charge >= 0.3 is 6.03 Å². The van der Waals surface area contributed by atoms with Gasteiger partial charge in [-0.25, -0.2) is 14.2 Å². The first-order valence-corrected chi connectivity index (χ1v) is 11.2. The lowest BCUT2D eigenvalue weighted by Gasteiger charge is -2.57. The molecule has 5 rings (SSSR count). The zero-order chi connectivity index (χ0) is 21.9. The van der Waals surface area contributed by atoms with E-state index >= 15 is 0 Å². The topological polar surface area (TPSA) is 68.7 Å². The van der Waals surface area contributed by atoms with Gasteiger partial charge in [0.25, 0.3) is 0 Å². The predicted octanol–water partition coefficient (Wildman–Crippen LogP) is 4.19. The van der Waals surface area contributed by atoms with E-state index in [4.69, 9.17) is 0 Å². The number of phenolic OH excluding ortho intramolecular Hbond substituents is 1. The van der Waals surface area contributed by atoms with Crippen molar-refractivity contribution in [1.29, 1.82) is 0 Å². The summed E-state index contributed by atoms with van der Waals surface area (Å²) in [6.07, 6.45) is 1.71. The number of nitrogens with zero attached hydrogens (tertiary/aromatic N) is 3. The largest absolute Gasteiger partial charge is 0.508 e. The number of likely N-dealkylation sites (tertiary alicyclic amines) is 1. The molecule has 2 aliphatic rings. The third-order valence-corrected chi connectivity index (χ3v) is 7.96. The highest BCUT2D eigenvalue weighted by Crippen LogP contribution is 2.47. The molecule has 31 heavy (non-hydrogen) atoms. The third-order valence-electron chi connectivity index (χ3n) is 7.01. The highest BCUT2D eigenvalue weighted by molar-refractivity contribution is 7.22. The summed E-state index contributed by atoms with van der Waals surface area (Å²) in [5, 5.41) is 13.5. The fourth-order valence-electron chi connectivity index (χ4n) is 5.39. The number of carbonyl (C=O) groups is 1. The normalized spacial score (nSPS) is 25.3. The molecule has 2 N–H and O–H groups in total. The number of aromatic nitrogens is 1. The summed E-state index contributed by atoms with van der Waals surface area (Å²) >= 11 is 1.33. The Morgan fingerprint density at radius 1 is 1.35 bits per heavy atom. The molecule has 6 nitrogen and oxygen atoms in total. The number of carbonyl (C=O) groups excluding carboxylic acids is 1. The maximum absolute atomic E-state index is 13.5. The SMILES string of the molecule is CN1CC[C@@]2(C)c3cc(O)ccc3C[C@@H]1[C@H]2N(C)C(=O)Nc1nc2cc(F)ccc2s1. The number of phenols is 1. The number of hydrogen-bond acceptors (Lipinski definition) is 5. The summed E-state index contributed by atoms with van der Waals surface area (Å²) in [6.45, 7) is 3.13. The quantitative estimate of drug-likeness (QED) is 0.627. The lowest BCUT2D eigenvalue weighted by Crippen LogP contribution is -2.67. The zero-order valence-corrected chi connectivity index (χ0v) is 18.5. The van der Waals surface area contributed by atoms with E-state index in [0.29, 0.717) is 10.6 Å². The number of halogens is 1. The molecule has 0 radical (unpaired) electrons. The van der Waals surface area contributed by atoms with Crippen LogP contribution in [0.15, 0.2) is 36.4 Å². The molecule has 3 aromatic rings. The molecule has 2 aromatic carbocycles. The second-order valence-corrected chi connectivity index (χ2v) is 9.91. The molecule has 8 heteroatoms. The van der Waals surface area contributed by atoms with Crippen LogP contribution in [0.2, 0.25) is 0 Å². The average molecular weight is 441 g/mol. The summed E-state index contributed by atoms with van der Waals surface area (Å²) in [5.74, 6) is -0.0920. The first-order valence-electron chi connectivity index (χ1n) is 10.4. The molecule has 0 spiro atoms. The van der Waals surface area contributed by atoms with Gasteiger partial charge in [-0.2, -0.15) is 0 Å². The predicted molar refractivity (Wildman–Crippen MR) is 120 cm³/mol. The fourth-order valence-corrected chi connectivity index (χ4v) is 6.23. The molecule has 3 atom stereocenters. The van der Waals surface area contributed by atoms with Gasteiger partial charge in [0, 0.05) is 24.6 Å². The van der Waals surface area contributed by atoms with Crippen molar-refractivity contribution in [3.8, 4) is 5.75 Å². The van der Waals surface area contributed by atoms with E-state index in [9.17, 15) is 14.3 Å². The number of fused-ring (bicyclic) bond motifs is 5. The van der Waals surface area contributed by atoms with Crippen molar-refractivity contribution in [3.63, 3.8) is 0 Å². The molecular formula is C23H25FN4O2S. The van der Waals surface area contributed by atoms with Gasteiger partial charge in [0.05, 0.1) is 16.3 Å². The van der Waals surface area contributed by atoms with Crippen LogP contribution >= 0.6 is 11.3 Å². The summed E-state index contributed by atoms with van der Waals surface area (Å²) < 4.78 is 14.3. The Hall–Kier alpha value is -2.71. The number of likely N-dealkylation sites (N-methyl/N-ethyl adjacent to an activating group) is 2. The summed E-state index contributed by atoms with van der Waals surface area (Å²) in [6, 6.07) is 9.92. The van der Waals surface area contributed by atoms with Crippen LogP contribution in [0.1, 0.15) is 24.5 Å². The van der Waals surface area contributed by atoms with Crippen molar-refractivity contribution >= 4 is 32.7 Å². The van der Waals surface area contributed by atoms with E-state index < -0.39 is 0 Å². The van der Waals surface area contributed by atoms with Crippen molar-refractivity contribution in [2.24, 2.45) is 0 Å².